The normalized spacial score (nSPS) is 15.9. The minimum absolute atomic E-state index is 0.120. The molecule has 2 aromatic carbocycles. The Morgan fingerprint density at radius 2 is 1.52 bits per heavy atom. The van der Waals surface area contributed by atoms with E-state index in [9.17, 15) is 21.6 Å². The minimum atomic E-state index is -3.63. The third kappa shape index (κ3) is 6.60. The van der Waals surface area contributed by atoms with E-state index in [1.807, 2.05) is 0 Å². The molecule has 0 radical (unpaired) electrons. The van der Waals surface area contributed by atoms with Crippen molar-refractivity contribution in [2.45, 2.75) is 42.9 Å². The lowest BCUT2D eigenvalue weighted by Gasteiger charge is -2.20. The summed E-state index contributed by atoms with van der Waals surface area (Å²) in [7, 11) is -7.23. The Hall–Kier alpha value is -2.27. The molecule has 2 aromatic rings. The van der Waals surface area contributed by atoms with Crippen molar-refractivity contribution < 1.29 is 21.6 Å². The summed E-state index contributed by atoms with van der Waals surface area (Å²) in [4.78, 5) is 12.7. The third-order valence-corrected chi connectivity index (χ3v) is 7.77. The molecule has 168 valence electrons. The first-order chi connectivity index (χ1) is 14.6. The van der Waals surface area contributed by atoms with Crippen LogP contribution in [0.2, 0.25) is 0 Å². The van der Waals surface area contributed by atoms with E-state index in [1.165, 1.54) is 16.4 Å². The van der Waals surface area contributed by atoms with Crippen LogP contribution in [0.1, 0.15) is 47.2 Å². The molecule has 1 saturated heterocycles. The van der Waals surface area contributed by atoms with Gasteiger partial charge in [0, 0.05) is 25.2 Å². The summed E-state index contributed by atoms with van der Waals surface area (Å²) in [6, 6.07) is 12.8. The van der Waals surface area contributed by atoms with Gasteiger partial charge in [-0.05, 0) is 42.2 Å². The number of nitrogens with one attached hydrogen (secondary N) is 1. The zero-order chi connectivity index (χ0) is 22.5. The first kappa shape index (κ1) is 23.4. The van der Waals surface area contributed by atoms with E-state index in [0.717, 1.165) is 31.2 Å². The smallest absolute Gasteiger partial charge is 0.251 e. The van der Waals surface area contributed by atoms with Crippen LogP contribution < -0.4 is 10.5 Å². The molecule has 1 heterocycles. The summed E-state index contributed by atoms with van der Waals surface area (Å²) in [6.45, 7) is 1.22. The number of hydrogen-bond donors (Lipinski definition) is 2. The average Bonchev–Trinajstić information content (AvgIpc) is 3.02. The van der Waals surface area contributed by atoms with Crippen LogP contribution in [0.15, 0.2) is 53.4 Å². The Morgan fingerprint density at radius 1 is 0.903 bits per heavy atom. The van der Waals surface area contributed by atoms with Gasteiger partial charge in [-0.1, -0.05) is 43.2 Å². The number of sulfonamides is 2. The first-order valence-corrected chi connectivity index (χ1v) is 13.3. The molecule has 0 unspecified atom stereocenters. The molecule has 1 aliphatic rings. The molecule has 0 spiro atoms. The van der Waals surface area contributed by atoms with Gasteiger partial charge in [0.1, 0.15) is 0 Å². The van der Waals surface area contributed by atoms with Crippen LogP contribution in [0.3, 0.4) is 0 Å². The lowest BCUT2D eigenvalue weighted by Crippen LogP contribution is -2.32. The largest absolute Gasteiger partial charge is 0.348 e. The van der Waals surface area contributed by atoms with Crippen molar-refractivity contribution in [3.8, 4) is 0 Å². The van der Waals surface area contributed by atoms with E-state index in [4.69, 9.17) is 5.14 Å². The Morgan fingerprint density at radius 3 is 2.13 bits per heavy atom. The highest BCUT2D eigenvalue weighted by Crippen LogP contribution is 2.21. The fourth-order valence-electron chi connectivity index (χ4n) is 3.50. The van der Waals surface area contributed by atoms with E-state index in [-0.39, 0.29) is 28.7 Å². The average molecular weight is 466 g/mol. The van der Waals surface area contributed by atoms with Crippen molar-refractivity contribution in [3.63, 3.8) is 0 Å². The Labute approximate surface area is 183 Å². The highest BCUT2D eigenvalue weighted by Gasteiger charge is 2.25. The second-order valence-electron chi connectivity index (χ2n) is 7.65. The van der Waals surface area contributed by atoms with Crippen molar-refractivity contribution >= 4 is 26.0 Å². The molecule has 10 heteroatoms. The number of benzene rings is 2. The standard InChI is InChI=1S/C21H27N3O5S2/c22-30(26,27)16-18-10-8-17(9-11-18)15-23-21(25)19-6-5-7-20(14-19)31(28,29)24-12-3-1-2-4-13-24/h5-11,14H,1-4,12-13,15-16H2,(H,23,25)(H2,22,26,27). The van der Waals surface area contributed by atoms with Gasteiger partial charge in [0.15, 0.2) is 0 Å². The topological polar surface area (TPSA) is 127 Å². The first-order valence-electron chi connectivity index (χ1n) is 10.1. The molecule has 3 rings (SSSR count). The molecule has 1 fully saturated rings. The monoisotopic (exact) mass is 465 g/mol. The van der Waals surface area contributed by atoms with Gasteiger partial charge in [0.05, 0.1) is 10.6 Å². The number of carbonyl (C=O) groups excluding carboxylic acids is 1. The van der Waals surface area contributed by atoms with E-state index < -0.39 is 20.0 Å². The molecular weight excluding hydrogens is 438 g/mol. The van der Waals surface area contributed by atoms with Crippen LogP contribution in [0, 0.1) is 0 Å². The molecule has 8 nitrogen and oxygen atoms in total. The van der Waals surface area contributed by atoms with Crippen molar-refractivity contribution in [3.05, 3.63) is 65.2 Å². The maximum atomic E-state index is 13.0. The molecule has 3 N–H and O–H groups in total. The van der Waals surface area contributed by atoms with E-state index in [0.29, 0.717) is 18.7 Å². The fourth-order valence-corrected chi connectivity index (χ4v) is 5.72. The summed E-state index contributed by atoms with van der Waals surface area (Å²) in [6.07, 6.45) is 3.74. The summed E-state index contributed by atoms with van der Waals surface area (Å²) < 4.78 is 49.7. The summed E-state index contributed by atoms with van der Waals surface area (Å²) in [5.41, 5.74) is 1.60. The molecule has 0 aromatic heterocycles. The zero-order valence-electron chi connectivity index (χ0n) is 17.2. The molecule has 0 bridgehead atoms. The summed E-state index contributed by atoms with van der Waals surface area (Å²) in [5, 5.41) is 7.80. The number of nitrogens with two attached hydrogens (primary N) is 1. The lowest BCUT2D eigenvalue weighted by molar-refractivity contribution is 0.0950. The van der Waals surface area contributed by atoms with Gasteiger partial charge in [-0.25, -0.2) is 22.0 Å². The molecule has 31 heavy (non-hydrogen) atoms. The van der Waals surface area contributed by atoms with Gasteiger partial charge >= 0.3 is 0 Å². The van der Waals surface area contributed by atoms with Crippen LogP contribution in [0.5, 0.6) is 0 Å². The number of primary sulfonamides is 1. The number of amides is 1. The van der Waals surface area contributed by atoms with Gasteiger partial charge in [-0.15, -0.1) is 0 Å². The van der Waals surface area contributed by atoms with Crippen LogP contribution in [0.4, 0.5) is 0 Å². The Bertz CT molecular complexity index is 1120. The lowest BCUT2D eigenvalue weighted by atomic mass is 10.1. The second-order valence-corrected chi connectivity index (χ2v) is 11.2. The number of nitrogens with zero attached hydrogens (tertiary/aromatic N) is 1. The predicted octanol–water partition coefficient (Wildman–Crippen LogP) is 1.97. The fraction of sp³-hybridized carbons (Fsp3) is 0.381. The van der Waals surface area contributed by atoms with Gasteiger partial charge in [-0.2, -0.15) is 4.31 Å². The molecule has 1 amide bonds. The number of carbonyl (C=O) groups is 1. The van der Waals surface area contributed by atoms with E-state index in [1.54, 1.807) is 36.4 Å². The maximum Gasteiger partial charge on any atom is 0.251 e. The van der Waals surface area contributed by atoms with Gasteiger partial charge < -0.3 is 5.32 Å². The van der Waals surface area contributed by atoms with Crippen LogP contribution in [0.25, 0.3) is 0 Å². The highest BCUT2D eigenvalue weighted by atomic mass is 32.2. The van der Waals surface area contributed by atoms with Gasteiger partial charge in [0.25, 0.3) is 5.91 Å². The van der Waals surface area contributed by atoms with Crippen LogP contribution in [-0.2, 0) is 32.3 Å². The quantitative estimate of drug-likeness (QED) is 0.646. The Balaban J connectivity index is 1.66. The second kappa shape index (κ2) is 9.90. The predicted molar refractivity (Wildman–Crippen MR) is 118 cm³/mol. The molecule has 0 atom stereocenters. The van der Waals surface area contributed by atoms with Crippen LogP contribution in [-0.4, -0.2) is 40.1 Å². The van der Waals surface area contributed by atoms with Crippen molar-refractivity contribution in [2.75, 3.05) is 13.1 Å². The molecule has 0 aliphatic carbocycles. The Kier molecular flexibility index (Phi) is 7.47. The summed E-state index contributed by atoms with van der Waals surface area (Å²) in [5.74, 6) is -0.640. The maximum absolute atomic E-state index is 13.0. The van der Waals surface area contributed by atoms with Crippen molar-refractivity contribution in [1.29, 1.82) is 0 Å². The third-order valence-electron chi connectivity index (χ3n) is 5.14. The number of hydrogen-bond acceptors (Lipinski definition) is 5. The molecule has 1 aliphatic heterocycles. The zero-order valence-corrected chi connectivity index (χ0v) is 18.8. The molecular formula is C21H27N3O5S2. The van der Waals surface area contributed by atoms with Gasteiger partial charge in [-0.3, -0.25) is 4.79 Å². The van der Waals surface area contributed by atoms with E-state index >= 15 is 0 Å². The molecule has 0 saturated carbocycles. The highest BCUT2D eigenvalue weighted by molar-refractivity contribution is 7.89. The minimum Gasteiger partial charge on any atom is -0.348 e. The van der Waals surface area contributed by atoms with Gasteiger partial charge in [0.2, 0.25) is 20.0 Å². The number of rotatable bonds is 7. The van der Waals surface area contributed by atoms with Crippen LogP contribution >= 0.6 is 0 Å². The SMILES string of the molecule is NS(=O)(=O)Cc1ccc(CNC(=O)c2cccc(S(=O)(=O)N3CCCCCC3)c2)cc1. The summed E-state index contributed by atoms with van der Waals surface area (Å²) >= 11 is 0. The van der Waals surface area contributed by atoms with E-state index in [2.05, 4.69) is 5.32 Å². The van der Waals surface area contributed by atoms with Crippen molar-refractivity contribution in [2.24, 2.45) is 5.14 Å². The van der Waals surface area contributed by atoms with Crippen molar-refractivity contribution in [1.82, 2.24) is 9.62 Å².